The first-order valence-corrected chi connectivity index (χ1v) is 7.96. The highest BCUT2D eigenvalue weighted by Gasteiger charge is 2.15. The van der Waals surface area contributed by atoms with E-state index in [4.69, 9.17) is 5.73 Å². The molecule has 106 valence electrons. The van der Waals surface area contributed by atoms with E-state index in [1.807, 2.05) is 0 Å². The molecule has 0 spiro atoms. The molecule has 0 saturated carbocycles. The van der Waals surface area contributed by atoms with Gasteiger partial charge in [-0.3, -0.25) is 0 Å². The summed E-state index contributed by atoms with van der Waals surface area (Å²) in [6, 6.07) is 10.3. The Balaban J connectivity index is 2.19. The molecule has 2 aromatic carbocycles. The molecule has 4 nitrogen and oxygen atoms in total. The molecule has 0 aliphatic rings. The maximum Gasteiger partial charge on any atom is 0.240 e. The molecule has 2 rings (SSSR count). The quantitative estimate of drug-likeness (QED) is 0.825. The van der Waals surface area contributed by atoms with Crippen LogP contribution < -0.4 is 10.5 Å². The first kappa shape index (κ1) is 15.0. The molecule has 0 bridgehead atoms. The fourth-order valence-corrected chi connectivity index (χ4v) is 3.14. The molecule has 0 amide bonds. The van der Waals surface area contributed by atoms with Gasteiger partial charge in [0.05, 0.1) is 4.90 Å². The molecule has 3 N–H and O–H groups in total. The smallest absolute Gasteiger partial charge is 0.240 e. The van der Waals surface area contributed by atoms with Gasteiger partial charge in [-0.15, -0.1) is 0 Å². The van der Waals surface area contributed by atoms with E-state index in [2.05, 4.69) is 20.7 Å². The van der Waals surface area contributed by atoms with E-state index in [1.165, 1.54) is 30.3 Å². The lowest BCUT2D eigenvalue weighted by Gasteiger charge is -2.08. The molecule has 2 aromatic rings. The van der Waals surface area contributed by atoms with Crippen LogP contribution in [0.2, 0.25) is 0 Å². The van der Waals surface area contributed by atoms with Gasteiger partial charge in [-0.1, -0.05) is 18.2 Å². The second-order valence-corrected chi connectivity index (χ2v) is 6.72. The number of hydrogen-bond donors (Lipinski definition) is 2. The van der Waals surface area contributed by atoms with Crippen LogP contribution in [0.25, 0.3) is 0 Å². The molecular weight excluding hydrogens is 347 g/mol. The van der Waals surface area contributed by atoms with E-state index in [9.17, 15) is 12.8 Å². The van der Waals surface area contributed by atoms with Crippen LogP contribution in [0, 0.1) is 5.82 Å². The molecule has 0 radical (unpaired) electrons. The van der Waals surface area contributed by atoms with Crippen LogP contribution in [0.1, 0.15) is 5.56 Å². The summed E-state index contributed by atoms with van der Waals surface area (Å²) in [6.07, 6.45) is 0. The van der Waals surface area contributed by atoms with Crippen molar-refractivity contribution in [2.45, 2.75) is 11.4 Å². The highest BCUT2D eigenvalue weighted by molar-refractivity contribution is 9.10. The minimum atomic E-state index is -3.72. The van der Waals surface area contributed by atoms with Gasteiger partial charge in [-0.2, -0.15) is 0 Å². The number of hydrogen-bond acceptors (Lipinski definition) is 3. The predicted octanol–water partition coefficient (Wildman–Crippen LogP) is 2.65. The Morgan fingerprint density at radius 1 is 1.20 bits per heavy atom. The van der Waals surface area contributed by atoms with Crippen molar-refractivity contribution >= 4 is 31.6 Å². The zero-order chi connectivity index (χ0) is 14.8. The van der Waals surface area contributed by atoms with Crippen molar-refractivity contribution in [3.05, 3.63) is 58.3 Å². The Labute approximate surface area is 125 Å². The Morgan fingerprint density at radius 2 is 1.90 bits per heavy atom. The van der Waals surface area contributed by atoms with Crippen LogP contribution in [-0.4, -0.2) is 8.42 Å². The van der Waals surface area contributed by atoms with Crippen LogP contribution in [0.4, 0.5) is 10.1 Å². The number of benzene rings is 2. The fraction of sp³-hybridized carbons (Fsp3) is 0.0769. The summed E-state index contributed by atoms with van der Waals surface area (Å²) in [5.74, 6) is -0.450. The number of nitrogens with one attached hydrogen (secondary N) is 1. The van der Waals surface area contributed by atoms with E-state index in [1.54, 1.807) is 12.1 Å². The number of nitrogens with two attached hydrogens (primary N) is 1. The molecule has 0 aromatic heterocycles. The summed E-state index contributed by atoms with van der Waals surface area (Å²) in [5.41, 5.74) is 6.33. The maximum atomic E-state index is 13.4. The van der Waals surface area contributed by atoms with E-state index in [0.29, 0.717) is 10.2 Å². The molecule has 20 heavy (non-hydrogen) atoms. The molecule has 7 heteroatoms. The van der Waals surface area contributed by atoms with Gasteiger partial charge in [0.25, 0.3) is 0 Å². The highest BCUT2D eigenvalue weighted by Crippen LogP contribution is 2.23. The highest BCUT2D eigenvalue weighted by atomic mass is 79.9. The first-order valence-electron chi connectivity index (χ1n) is 5.68. The third-order valence-corrected chi connectivity index (χ3v) is 4.78. The Hall–Kier alpha value is -1.44. The third-order valence-electron chi connectivity index (χ3n) is 2.69. The van der Waals surface area contributed by atoms with Gasteiger partial charge in [0.15, 0.2) is 0 Å². The average Bonchev–Trinajstić information content (AvgIpc) is 2.41. The monoisotopic (exact) mass is 358 g/mol. The van der Waals surface area contributed by atoms with Crippen molar-refractivity contribution in [1.29, 1.82) is 0 Å². The standard InChI is InChI=1S/C13H12BrFN2O2S/c14-11-7-10(5-6-13(11)16)20(18,19)17-8-9-3-1-2-4-12(9)15/h1-7,17H,8,16H2. The van der Waals surface area contributed by atoms with Crippen molar-refractivity contribution in [2.75, 3.05) is 5.73 Å². The van der Waals surface area contributed by atoms with E-state index in [0.717, 1.165) is 0 Å². The van der Waals surface area contributed by atoms with Crippen LogP contribution in [0.15, 0.2) is 51.8 Å². The van der Waals surface area contributed by atoms with Gasteiger partial charge < -0.3 is 5.73 Å². The molecule has 0 saturated heterocycles. The Bertz CT molecular complexity index is 735. The summed E-state index contributed by atoms with van der Waals surface area (Å²) in [7, 11) is -3.72. The molecule has 0 aliphatic heterocycles. The van der Waals surface area contributed by atoms with E-state index in [-0.39, 0.29) is 17.0 Å². The largest absolute Gasteiger partial charge is 0.398 e. The number of anilines is 1. The van der Waals surface area contributed by atoms with Crippen molar-refractivity contribution in [2.24, 2.45) is 0 Å². The van der Waals surface area contributed by atoms with Crippen LogP contribution in [0.3, 0.4) is 0 Å². The summed E-state index contributed by atoms with van der Waals surface area (Å²) < 4.78 is 40.4. The minimum Gasteiger partial charge on any atom is -0.398 e. The summed E-state index contributed by atoms with van der Waals surface area (Å²) in [5, 5.41) is 0. The first-order chi connectivity index (χ1) is 9.40. The lowest BCUT2D eigenvalue weighted by Crippen LogP contribution is -2.23. The molecule has 0 aliphatic carbocycles. The second kappa shape index (κ2) is 5.90. The van der Waals surface area contributed by atoms with E-state index < -0.39 is 15.8 Å². The molecule has 0 atom stereocenters. The van der Waals surface area contributed by atoms with Crippen LogP contribution >= 0.6 is 15.9 Å². The van der Waals surface area contributed by atoms with E-state index >= 15 is 0 Å². The van der Waals surface area contributed by atoms with Gasteiger partial charge in [0, 0.05) is 22.3 Å². The zero-order valence-electron chi connectivity index (χ0n) is 10.3. The maximum absolute atomic E-state index is 13.4. The summed E-state index contributed by atoms with van der Waals surface area (Å²) in [6.45, 7) is -0.114. The average molecular weight is 359 g/mol. The number of nitrogen functional groups attached to an aromatic ring is 1. The SMILES string of the molecule is Nc1ccc(S(=O)(=O)NCc2ccccc2F)cc1Br. The predicted molar refractivity (Wildman–Crippen MR) is 79.0 cm³/mol. The number of rotatable bonds is 4. The lowest BCUT2D eigenvalue weighted by atomic mass is 10.2. The van der Waals surface area contributed by atoms with Crippen LogP contribution in [0.5, 0.6) is 0 Å². The van der Waals surface area contributed by atoms with Gasteiger partial charge in [-0.25, -0.2) is 17.5 Å². The Kier molecular flexibility index (Phi) is 4.42. The number of sulfonamides is 1. The van der Waals surface area contributed by atoms with Crippen LogP contribution in [-0.2, 0) is 16.6 Å². The van der Waals surface area contributed by atoms with Gasteiger partial charge in [0.2, 0.25) is 10.0 Å². The number of halogens is 2. The molecule has 0 unspecified atom stereocenters. The van der Waals surface area contributed by atoms with Crippen molar-refractivity contribution in [1.82, 2.24) is 4.72 Å². The molecular formula is C13H12BrFN2O2S. The second-order valence-electron chi connectivity index (χ2n) is 4.10. The zero-order valence-corrected chi connectivity index (χ0v) is 12.7. The fourth-order valence-electron chi connectivity index (χ4n) is 1.57. The normalized spacial score (nSPS) is 11.5. The van der Waals surface area contributed by atoms with Crippen molar-refractivity contribution in [3.8, 4) is 0 Å². The van der Waals surface area contributed by atoms with Gasteiger partial charge in [-0.05, 0) is 40.2 Å². The Morgan fingerprint density at radius 3 is 2.55 bits per heavy atom. The van der Waals surface area contributed by atoms with Crippen molar-refractivity contribution in [3.63, 3.8) is 0 Å². The molecule has 0 fully saturated rings. The van der Waals surface area contributed by atoms with Crippen molar-refractivity contribution < 1.29 is 12.8 Å². The van der Waals surface area contributed by atoms with Gasteiger partial charge in [0.1, 0.15) is 5.82 Å². The lowest BCUT2D eigenvalue weighted by molar-refractivity contribution is 0.574. The molecule has 0 heterocycles. The minimum absolute atomic E-state index is 0.0647. The van der Waals surface area contributed by atoms with Gasteiger partial charge >= 0.3 is 0 Å². The summed E-state index contributed by atoms with van der Waals surface area (Å²) in [4.78, 5) is 0.0647. The topological polar surface area (TPSA) is 72.2 Å². The summed E-state index contributed by atoms with van der Waals surface area (Å²) >= 11 is 3.17. The third kappa shape index (κ3) is 3.36.